The Kier molecular flexibility index (Phi) is 2.75. The molecule has 0 aromatic carbocycles. The lowest BCUT2D eigenvalue weighted by atomic mass is 10.2. The van der Waals surface area contributed by atoms with Crippen LogP contribution in [0.3, 0.4) is 0 Å². The number of aromatic amines is 1. The van der Waals surface area contributed by atoms with Crippen LogP contribution < -0.4 is 5.73 Å². The fourth-order valence-electron chi connectivity index (χ4n) is 1.73. The maximum absolute atomic E-state index is 12.9. The van der Waals surface area contributed by atoms with Gasteiger partial charge < -0.3 is 5.73 Å². The van der Waals surface area contributed by atoms with E-state index in [0.29, 0.717) is 11.5 Å². The van der Waals surface area contributed by atoms with Crippen molar-refractivity contribution in [1.29, 1.82) is 0 Å². The highest BCUT2D eigenvalue weighted by Gasteiger charge is 2.15. The molecule has 5 nitrogen and oxygen atoms in total. The maximum Gasteiger partial charge on any atom is 0.141 e. The van der Waals surface area contributed by atoms with Gasteiger partial charge in [-0.1, -0.05) is 0 Å². The molecule has 7 heteroatoms. The first-order valence-corrected chi connectivity index (χ1v) is 6.35. The van der Waals surface area contributed by atoms with Gasteiger partial charge in [-0.3, -0.25) is 10.1 Å². The Bertz CT molecular complexity index is 716. The zero-order chi connectivity index (χ0) is 13.4. The molecule has 0 saturated carbocycles. The van der Waals surface area contributed by atoms with Gasteiger partial charge in [-0.15, -0.1) is 11.3 Å². The quantitative estimate of drug-likeness (QED) is 0.753. The van der Waals surface area contributed by atoms with Crippen LogP contribution in [0.4, 0.5) is 10.2 Å². The molecule has 0 atom stereocenters. The summed E-state index contributed by atoms with van der Waals surface area (Å²) in [6, 6.07) is 2.98. The third-order valence-electron chi connectivity index (χ3n) is 2.67. The molecule has 0 unspecified atom stereocenters. The number of hydrogen-bond acceptors (Lipinski definition) is 5. The highest BCUT2D eigenvalue weighted by atomic mass is 32.1. The predicted molar refractivity (Wildman–Crippen MR) is 72.0 cm³/mol. The largest absolute Gasteiger partial charge is 0.383 e. The maximum atomic E-state index is 12.9. The van der Waals surface area contributed by atoms with Crippen LogP contribution >= 0.6 is 11.3 Å². The molecule has 0 bridgehead atoms. The summed E-state index contributed by atoms with van der Waals surface area (Å²) in [5, 5.41) is 7.31. The van der Waals surface area contributed by atoms with Crippen molar-refractivity contribution in [1.82, 2.24) is 20.2 Å². The van der Waals surface area contributed by atoms with Crippen LogP contribution in [0.15, 0.2) is 24.5 Å². The molecule has 3 aromatic rings. The third-order valence-corrected chi connectivity index (χ3v) is 3.67. The number of halogens is 1. The van der Waals surface area contributed by atoms with E-state index in [1.807, 2.05) is 6.92 Å². The normalized spacial score (nSPS) is 10.8. The summed E-state index contributed by atoms with van der Waals surface area (Å²) >= 11 is 1.50. The minimum atomic E-state index is -0.365. The van der Waals surface area contributed by atoms with E-state index < -0.39 is 0 Å². The van der Waals surface area contributed by atoms with Gasteiger partial charge in [0.2, 0.25) is 0 Å². The zero-order valence-corrected chi connectivity index (χ0v) is 10.8. The fourth-order valence-corrected chi connectivity index (χ4v) is 2.68. The summed E-state index contributed by atoms with van der Waals surface area (Å²) in [5.74, 6) is 0.114. The second-order valence-corrected chi connectivity index (χ2v) is 5.19. The molecular formula is C12H10FN5S. The molecule has 0 spiro atoms. The first-order chi connectivity index (χ1) is 9.15. The Balaban J connectivity index is 2.07. The number of rotatable bonds is 2. The van der Waals surface area contributed by atoms with E-state index in [0.717, 1.165) is 21.1 Å². The number of thiazole rings is 1. The number of aryl methyl sites for hydroxylation is 1. The summed E-state index contributed by atoms with van der Waals surface area (Å²) in [7, 11) is 0. The van der Waals surface area contributed by atoms with Crippen LogP contribution in [0.2, 0.25) is 0 Å². The number of aromatic nitrogens is 4. The lowest BCUT2D eigenvalue weighted by Crippen LogP contribution is -1.88. The van der Waals surface area contributed by atoms with Gasteiger partial charge in [-0.05, 0) is 19.1 Å². The molecule has 3 rings (SSSR count). The van der Waals surface area contributed by atoms with Gasteiger partial charge in [0, 0.05) is 4.88 Å². The average molecular weight is 275 g/mol. The highest BCUT2D eigenvalue weighted by molar-refractivity contribution is 7.15. The van der Waals surface area contributed by atoms with E-state index in [-0.39, 0.29) is 5.82 Å². The van der Waals surface area contributed by atoms with E-state index in [9.17, 15) is 4.39 Å². The molecule has 0 saturated heterocycles. The van der Waals surface area contributed by atoms with E-state index in [1.165, 1.54) is 23.6 Å². The van der Waals surface area contributed by atoms with Crippen LogP contribution in [0.25, 0.3) is 22.0 Å². The summed E-state index contributed by atoms with van der Waals surface area (Å²) in [4.78, 5) is 9.54. The number of anilines is 1. The number of nitrogens with zero attached hydrogens (tertiary/aromatic N) is 3. The zero-order valence-electron chi connectivity index (χ0n) is 10.0. The van der Waals surface area contributed by atoms with Crippen molar-refractivity contribution in [3.05, 3.63) is 35.2 Å². The van der Waals surface area contributed by atoms with Crippen LogP contribution in [-0.4, -0.2) is 20.2 Å². The van der Waals surface area contributed by atoms with Crippen molar-refractivity contribution >= 4 is 17.2 Å². The molecule has 3 heterocycles. The topological polar surface area (TPSA) is 80.5 Å². The van der Waals surface area contributed by atoms with Crippen LogP contribution in [0, 0.1) is 12.7 Å². The Morgan fingerprint density at radius 1 is 1.32 bits per heavy atom. The van der Waals surface area contributed by atoms with Gasteiger partial charge in [0.1, 0.15) is 22.3 Å². The van der Waals surface area contributed by atoms with Gasteiger partial charge in [0.15, 0.2) is 0 Å². The number of nitrogens with one attached hydrogen (secondary N) is 1. The van der Waals surface area contributed by atoms with Gasteiger partial charge >= 0.3 is 0 Å². The van der Waals surface area contributed by atoms with Crippen LogP contribution in [0.5, 0.6) is 0 Å². The van der Waals surface area contributed by atoms with Crippen molar-refractivity contribution in [3.8, 4) is 22.0 Å². The summed E-state index contributed by atoms with van der Waals surface area (Å²) in [5.41, 5.74) is 7.92. The van der Waals surface area contributed by atoms with Crippen molar-refractivity contribution in [2.75, 3.05) is 5.73 Å². The smallest absolute Gasteiger partial charge is 0.141 e. The Morgan fingerprint density at radius 3 is 2.79 bits per heavy atom. The molecule has 0 radical (unpaired) electrons. The Morgan fingerprint density at radius 2 is 2.16 bits per heavy atom. The Hall–Kier alpha value is -2.28. The molecular weight excluding hydrogens is 265 g/mol. The van der Waals surface area contributed by atoms with Crippen molar-refractivity contribution in [2.24, 2.45) is 0 Å². The number of pyridine rings is 1. The molecule has 96 valence electrons. The fraction of sp³-hybridized carbons (Fsp3) is 0.0833. The van der Waals surface area contributed by atoms with Crippen molar-refractivity contribution in [3.63, 3.8) is 0 Å². The first kappa shape index (κ1) is 11.8. The minimum absolute atomic E-state index is 0.365. The standard InChI is InChI=1S/C12H10FN5S/c1-6-10(9-3-2-7(13)4-15-9)17-12(19-6)8-5-16-18-11(8)14/h2-5H,1H3,(H3,14,16,18). The number of H-pyrrole nitrogens is 1. The summed E-state index contributed by atoms with van der Waals surface area (Å²) in [6.45, 7) is 1.94. The van der Waals surface area contributed by atoms with Gasteiger partial charge in [0.05, 0.1) is 23.7 Å². The SMILES string of the molecule is Cc1sc(-c2cn[nH]c2N)nc1-c1ccc(F)cn1. The minimum Gasteiger partial charge on any atom is -0.383 e. The second kappa shape index (κ2) is 4.43. The molecule has 0 fully saturated rings. The molecule has 19 heavy (non-hydrogen) atoms. The second-order valence-electron chi connectivity index (χ2n) is 3.98. The van der Waals surface area contributed by atoms with Crippen molar-refractivity contribution in [2.45, 2.75) is 6.92 Å². The lowest BCUT2D eigenvalue weighted by Gasteiger charge is -1.96. The molecule has 3 N–H and O–H groups in total. The average Bonchev–Trinajstić information content (AvgIpc) is 2.96. The highest BCUT2D eigenvalue weighted by Crippen LogP contribution is 2.34. The Labute approximate surface area is 112 Å². The van der Waals surface area contributed by atoms with Crippen LogP contribution in [-0.2, 0) is 0 Å². The first-order valence-electron chi connectivity index (χ1n) is 5.53. The predicted octanol–water partition coefficient (Wildman–Crippen LogP) is 2.62. The van der Waals surface area contributed by atoms with Gasteiger partial charge in [0.25, 0.3) is 0 Å². The molecule has 0 aliphatic carbocycles. The van der Waals surface area contributed by atoms with Crippen LogP contribution in [0.1, 0.15) is 4.88 Å². The lowest BCUT2D eigenvalue weighted by molar-refractivity contribution is 0.622. The monoisotopic (exact) mass is 275 g/mol. The number of nitrogen functional groups attached to an aromatic ring is 1. The summed E-state index contributed by atoms with van der Waals surface area (Å²) < 4.78 is 12.9. The molecule has 0 aliphatic rings. The number of hydrogen-bond donors (Lipinski definition) is 2. The van der Waals surface area contributed by atoms with Crippen molar-refractivity contribution < 1.29 is 4.39 Å². The van der Waals surface area contributed by atoms with Gasteiger partial charge in [-0.2, -0.15) is 5.10 Å². The van der Waals surface area contributed by atoms with E-state index in [1.54, 1.807) is 12.3 Å². The summed E-state index contributed by atoms with van der Waals surface area (Å²) in [6.07, 6.45) is 2.81. The van der Waals surface area contributed by atoms with E-state index in [4.69, 9.17) is 5.73 Å². The van der Waals surface area contributed by atoms with E-state index in [2.05, 4.69) is 20.2 Å². The molecule has 0 amide bonds. The third kappa shape index (κ3) is 2.08. The molecule has 0 aliphatic heterocycles. The van der Waals surface area contributed by atoms with Gasteiger partial charge in [-0.25, -0.2) is 9.37 Å². The number of nitrogens with two attached hydrogens (primary N) is 1. The molecule has 3 aromatic heterocycles. The van der Waals surface area contributed by atoms with E-state index >= 15 is 0 Å².